The largest absolute Gasteiger partial charge is 0.380 e. The zero-order valence-electron chi connectivity index (χ0n) is 9.81. The molecule has 0 spiro atoms. The Hall–Kier alpha value is -0.970. The average Bonchev–Trinajstić information content (AvgIpc) is 2.74. The van der Waals surface area contributed by atoms with Crippen LogP contribution in [0.5, 0.6) is 0 Å². The van der Waals surface area contributed by atoms with Gasteiger partial charge in [-0.1, -0.05) is 6.07 Å². The summed E-state index contributed by atoms with van der Waals surface area (Å²) in [6, 6.07) is 4.26. The number of fused-ring (bicyclic) bond motifs is 1. The number of nitrogens with zero attached hydrogens (tertiary/aromatic N) is 1. The van der Waals surface area contributed by atoms with Gasteiger partial charge in [-0.3, -0.25) is 16.3 Å². The Morgan fingerprint density at radius 1 is 1.62 bits per heavy atom. The molecule has 1 aliphatic rings. The molecule has 3 N–H and O–H groups in total. The number of nitrogens with one attached hydrogen (secondary N) is 1. The highest BCUT2D eigenvalue weighted by molar-refractivity contribution is 5.30. The number of hydrogen-bond donors (Lipinski definition) is 2. The number of nitrogens with two attached hydrogens (primary N) is 1. The number of methoxy groups -OCH3 is 1. The van der Waals surface area contributed by atoms with E-state index in [1.165, 1.54) is 11.3 Å². The Kier molecular flexibility index (Phi) is 3.53. The molecule has 4 heteroatoms. The Labute approximate surface area is 96.2 Å². The highest BCUT2D eigenvalue weighted by Crippen LogP contribution is 2.34. The van der Waals surface area contributed by atoms with Crippen LogP contribution in [-0.4, -0.2) is 24.2 Å². The Balaban J connectivity index is 2.23. The zero-order chi connectivity index (χ0) is 11.5. The van der Waals surface area contributed by atoms with Crippen LogP contribution in [0.25, 0.3) is 0 Å². The third-order valence-corrected chi connectivity index (χ3v) is 3.51. The van der Waals surface area contributed by atoms with E-state index in [1.807, 2.05) is 19.2 Å². The van der Waals surface area contributed by atoms with E-state index in [1.54, 1.807) is 7.11 Å². The van der Waals surface area contributed by atoms with Crippen LogP contribution in [0.1, 0.15) is 30.5 Å². The Morgan fingerprint density at radius 3 is 3.12 bits per heavy atom. The number of aryl methyl sites for hydroxylation is 1. The number of hydrogen-bond acceptors (Lipinski definition) is 4. The molecule has 0 amide bonds. The lowest BCUT2D eigenvalue weighted by Crippen LogP contribution is -2.47. The predicted molar refractivity (Wildman–Crippen MR) is 62.9 cm³/mol. The van der Waals surface area contributed by atoms with Crippen LogP contribution in [0.2, 0.25) is 0 Å². The van der Waals surface area contributed by atoms with Crippen molar-refractivity contribution >= 4 is 0 Å². The van der Waals surface area contributed by atoms with Crippen LogP contribution < -0.4 is 11.3 Å². The number of hydrazine groups is 1. The summed E-state index contributed by atoms with van der Waals surface area (Å²) < 4.78 is 5.36. The maximum absolute atomic E-state index is 5.63. The molecule has 3 atom stereocenters. The van der Waals surface area contributed by atoms with Gasteiger partial charge in [0.2, 0.25) is 0 Å². The fourth-order valence-electron chi connectivity index (χ4n) is 2.52. The van der Waals surface area contributed by atoms with Crippen LogP contribution in [-0.2, 0) is 11.2 Å². The molecule has 2 rings (SSSR count). The van der Waals surface area contributed by atoms with Gasteiger partial charge in [0, 0.05) is 24.9 Å². The van der Waals surface area contributed by atoms with E-state index >= 15 is 0 Å². The van der Waals surface area contributed by atoms with E-state index in [2.05, 4.69) is 16.5 Å². The maximum Gasteiger partial charge on any atom is 0.0716 e. The molecule has 0 saturated heterocycles. The Morgan fingerprint density at radius 2 is 2.44 bits per heavy atom. The topological polar surface area (TPSA) is 60.2 Å². The third-order valence-electron chi connectivity index (χ3n) is 3.51. The summed E-state index contributed by atoms with van der Waals surface area (Å²) in [5.41, 5.74) is 5.39. The first-order valence-electron chi connectivity index (χ1n) is 5.70. The summed E-state index contributed by atoms with van der Waals surface area (Å²) >= 11 is 0. The smallest absolute Gasteiger partial charge is 0.0716 e. The van der Waals surface area contributed by atoms with Crippen LogP contribution >= 0.6 is 0 Å². The van der Waals surface area contributed by atoms with Crippen LogP contribution in [0.3, 0.4) is 0 Å². The third kappa shape index (κ3) is 1.96. The zero-order valence-corrected chi connectivity index (χ0v) is 9.81. The van der Waals surface area contributed by atoms with Crippen molar-refractivity contribution in [1.82, 2.24) is 10.4 Å². The van der Waals surface area contributed by atoms with Gasteiger partial charge in [0.25, 0.3) is 0 Å². The minimum absolute atomic E-state index is 0.0861. The number of ether oxygens (including phenoxy) is 1. The van der Waals surface area contributed by atoms with Crippen molar-refractivity contribution in [2.75, 3.05) is 7.11 Å². The maximum atomic E-state index is 5.63. The molecule has 88 valence electrons. The molecule has 1 aromatic heterocycles. The first-order chi connectivity index (χ1) is 7.77. The predicted octanol–water partition coefficient (Wildman–Crippen LogP) is 0.978. The summed E-state index contributed by atoms with van der Waals surface area (Å²) in [5.74, 6) is 5.99. The van der Waals surface area contributed by atoms with Gasteiger partial charge in [-0.2, -0.15) is 0 Å². The first kappa shape index (κ1) is 11.5. The van der Waals surface area contributed by atoms with Gasteiger partial charge >= 0.3 is 0 Å². The molecule has 1 aromatic rings. The molecule has 0 bridgehead atoms. The molecule has 4 nitrogen and oxygen atoms in total. The number of aromatic nitrogens is 1. The van der Waals surface area contributed by atoms with Gasteiger partial charge in [-0.05, 0) is 31.4 Å². The molecule has 1 aliphatic carbocycles. The van der Waals surface area contributed by atoms with Crippen molar-refractivity contribution in [2.45, 2.75) is 37.8 Å². The lowest BCUT2D eigenvalue weighted by molar-refractivity contribution is 0.0728. The fourth-order valence-corrected chi connectivity index (χ4v) is 2.52. The van der Waals surface area contributed by atoms with Crippen molar-refractivity contribution in [3.05, 3.63) is 29.6 Å². The van der Waals surface area contributed by atoms with Gasteiger partial charge < -0.3 is 4.74 Å². The van der Waals surface area contributed by atoms with Crippen molar-refractivity contribution in [1.29, 1.82) is 0 Å². The second kappa shape index (κ2) is 4.91. The molecule has 0 fully saturated rings. The van der Waals surface area contributed by atoms with Gasteiger partial charge in [0.05, 0.1) is 12.1 Å². The minimum atomic E-state index is 0.0861. The average molecular weight is 221 g/mol. The summed E-state index contributed by atoms with van der Waals surface area (Å²) in [6.45, 7) is 2.03. The second-order valence-electron chi connectivity index (χ2n) is 4.33. The van der Waals surface area contributed by atoms with Crippen LogP contribution in [0.4, 0.5) is 0 Å². The van der Waals surface area contributed by atoms with Gasteiger partial charge in [-0.25, -0.2) is 0 Å². The first-order valence-corrected chi connectivity index (χ1v) is 5.70. The second-order valence-corrected chi connectivity index (χ2v) is 4.33. The molecule has 16 heavy (non-hydrogen) atoms. The van der Waals surface area contributed by atoms with E-state index < -0.39 is 0 Å². The van der Waals surface area contributed by atoms with E-state index in [4.69, 9.17) is 10.6 Å². The highest BCUT2D eigenvalue weighted by atomic mass is 16.5. The van der Waals surface area contributed by atoms with Crippen molar-refractivity contribution < 1.29 is 4.74 Å². The van der Waals surface area contributed by atoms with E-state index in [9.17, 15) is 0 Å². The van der Waals surface area contributed by atoms with Crippen molar-refractivity contribution in [3.8, 4) is 0 Å². The standard InChI is InChI=1S/C12H19N3O/c1-8(16-2)11(15-13)10-6-5-9-4-3-7-14-12(9)10/h3-4,7-8,10-11,15H,5-6,13H2,1-2H3. The lowest BCUT2D eigenvalue weighted by atomic mass is 9.93. The minimum Gasteiger partial charge on any atom is -0.380 e. The Bertz CT molecular complexity index is 356. The summed E-state index contributed by atoms with van der Waals surface area (Å²) in [4.78, 5) is 4.48. The summed E-state index contributed by atoms with van der Waals surface area (Å²) in [6.07, 6.45) is 4.11. The number of pyridine rings is 1. The normalized spacial score (nSPS) is 22.8. The van der Waals surface area contributed by atoms with Gasteiger partial charge in [-0.15, -0.1) is 0 Å². The summed E-state index contributed by atoms with van der Waals surface area (Å²) in [7, 11) is 1.71. The molecule has 0 saturated carbocycles. The van der Waals surface area contributed by atoms with Crippen LogP contribution in [0.15, 0.2) is 18.3 Å². The molecule has 0 radical (unpaired) electrons. The molecule has 3 unspecified atom stereocenters. The summed E-state index contributed by atoms with van der Waals surface area (Å²) in [5, 5.41) is 0. The van der Waals surface area contributed by atoms with E-state index in [0.717, 1.165) is 12.8 Å². The monoisotopic (exact) mass is 221 g/mol. The van der Waals surface area contributed by atoms with E-state index in [-0.39, 0.29) is 12.1 Å². The van der Waals surface area contributed by atoms with Crippen molar-refractivity contribution in [3.63, 3.8) is 0 Å². The van der Waals surface area contributed by atoms with Crippen LogP contribution in [0, 0.1) is 0 Å². The van der Waals surface area contributed by atoms with Gasteiger partial charge in [0.15, 0.2) is 0 Å². The lowest BCUT2D eigenvalue weighted by Gasteiger charge is -2.27. The fraction of sp³-hybridized carbons (Fsp3) is 0.583. The van der Waals surface area contributed by atoms with Crippen molar-refractivity contribution in [2.24, 2.45) is 5.84 Å². The highest BCUT2D eigenvalue weighted by Gasteiger charge is 2.33. The number of rotatable bonds is 4. The molecule has 0 aromatic carbocycles. The molecular formula is C12H19N3O. The quantitative estimate of drug-likeness (QED) is 0.587. The van der Waals surface area contributed by atoms with E-state index in [0.29, 0.717) is 5.92 Å². The van der Waals surface area contributed by atoms with Gasteiger partial charge in [0.1, 0.15) is 0 Å². The SMILES string of the molecule is COC(C)C(NN)C1CCc2cccnc21. The molecule has 0 aliphatic heterocycles. The molecular weight excluding hydrogens is 202 g/mol. The molecule has 1 heterocycles.